The number of piperazine rings is 1. The summed E-state index contributed by atoms with van der Waals surface area (Å²) in [5.41, 5.74) is 6.08. The third kappa shape index (κ3) is 3.62. The van der Waals surface area contributed by atoms with Crippen molar-refractivity contribution in [3.05, 3.63) is 42.5 Å². The molecule has 1 unspecified atom stereocenters. The molecule has 1 saturated carbocycles. The largest absolute Gasteiger partial charge is 0.346 e. The van der Waals surface area contributed by atoms with Crippen molar-refractivity contribution in [1.82, 2.24) is 29.5 Å². The predicted molar refractivity (Wildman–Crippen MR) is 125 cm³/mol. The van der Waals surface area contributed by atoms with Crippen LogP contribution in [0.2, 0.25) is 0 Å². The Kier molecular flexibility index (Phi) is 4.73. The zero-order valence-electron chi connectivity index (χ0n) is 18.6. The molecule has 3 aromatic rings. The number of nitrogens with zero attached hydrogens (tertiary/aromatic N) is 5. The van der Waals surface area contributed by atoms with E-state index >= 15 is 0 Å². The van der Waals surface area contributed by atoms with E-state index in [-0.39, 0.29) is 0 Å². The molecule has 3 aliphatic rings. The third-order valence-corrected chi connectivity index (χ3v) is 7.73. The lowest BCUT2D eigenvalue weighted by Crippen LogP contribution is -2.51. The van der Waals surface area contributed by atoms with Crippen molar-refractivity contribution < 1.29 is 0 Å². The Hall–Kier alpha value is -2.44. The fraction of sp³-hybridized carbons (Fsp3) is 0.520. The van der Waals surface area contributed by atoms with E-state index in [1.807, 2.05) is 17.9 Å². The number of hydrogen-bond acceptors (Lipinski definition) is 4. The van der Waals surface area contributed by atoms with E-state index in [9.17, 15) is 0 Å². The van der Waals surface area contributed by atoms with Crippen molar-refractivity contribution in [2.75, 3.05) is 33.2 Å². The lowest BCUT2D eigenvalue weighted by molar-refractivity contribution is 0.0652. The number of aryl methyl sites for hydroxylation is 1. The molecule has 1 aliphatic heterocycles. The Balaban J connectivity index is 1.26. The summed E-state index contributed by atoms with van der Waals surface area (Å²) >= 11 is 0. The molecule has 6 rings (SSSR count). The van der Waals surface area contributed by atoms with Gasteiger partial charge in [0.05, 0.1) is 6.20 Å². The van der Waals surface area contributed by atoms with E-state index in [1.165, 1.54) is 73.9 Å². The second-order valence-electron chi connectivity index (χ2n) is 9.95. The number of nitrogens with one attached hydrogen (secondary N) is 1. The van der Waals surface area contributed by atoms with Crippen LogP contribution in [0.5, 0.6) is 0 Å². The highest BCUT2D eigenvalue weighted by atomic mass is 15.3. The molecule has 0 radical (unpaired) electrons. The van der Waals surface area contributed by atoms with Crippen molar-refractivity contribution in [2.24, 2.45) is 18.9 Å². The maximum absolute atomic E-state index is 4.76. The van der Waals surface area contributed by atoms with Gasteiger partial charge in [-0.25, -0.2) is 4.98 Å². The molecule has 3 atom stereocenters. The molecule has 2 fully saturated rings. The van der Waals surface area contributed by atoms with E-state index < -0.39 is 0 Å². The molecule has 2 bridgehead atoms. The normalized spacial score (nSPS) is 27.5. The van der Waals surface area contributed by atoms with Crippen LogP contribution in [0.3, 0.4) is 0 Å². The van der Waals surface area contributed by atoms with Gasteiger partial charge in [-0.15, -0.1) is 0 Å². The monoisotopic (exact) mass is 416 g/mol. The number of fused-ring (bicyclic) bond motifs is 3. The Bertz CT molecular complexity index is 1120. The number of aromatic amines is 1. The Morgan fingerprint density at radius 2 is 1.87 bits per heavy atom. The number of hydrogen-bond donors (Lipinski definition) is 1. The van der Waals surface area contributed by atoms with Gasteiger partial charge in [-0.05, 0) is 61.8 Å². The molecule has 2 aliphatic carbocycles. The van der Waals surface area contributed by atoms with Crippen LogP contribution in [0.25, 0.3) is 27.7 Å². The molecule has 6 nitrogen and oxygen atoms in total. The minimum Gasteiger partial charge on any atom is -0.346 e. The molecule has 4 heterocycles. The standard InChI is InChI=1S/C25H32N6/c1-29-3-5-31(6-4-29)22-10-17-7-18(11-22)9-19(8-17)20-12-23-24(15-27-25(23)26-13-20)21-14-28-30(2)16-21/h8,12-18,22H,3-7,9-11H2,1-2H3,(H,26,27)/t17-,18+,22?/m0/s1. The summed E-state index contributed by atoms with van der Waals surface area (Å²) in [6.45, 7) is 4.91. The Morgan fingerprint density at radius 1 is 1.00 bits per heavy atom. The lowest BCUT2D eigenvalue weighted by Gasteiger charge is -2.45. The zero-order valence-corrected chi connectivity index (χ0v) is 18.6. The highest BCUT2D eigenvalue weighted by molar-refractivity contribution is 5.95. The predicted octanol–water partition coefficient (Wildman–Crippen LogP) is 3.78. The average Bonchev–Trinajstić information content (AvgIpc) is 3.39. The molecule has 0 aromatic carbocycles. The molecular weight excluding hydrogens is 384 g/mol. The quantitative estimate of drug-likeness (QED) is 0.706. The third-order valence-electron chi connectivity index (χ3n) is 7.73. The summed E-state index contributed by atoms with van der Waals surface area (Å²) in [6, 6.07) is 3.11. The first-order valence-electron chi connectivity index (χ1n) is 11.7. The van der Waals surface area contributed by atoms with Crippen molar-refractivity contribution in [3.63, 3.8) is 0 Å². The number of rotatable bonds is 3. The summed E-state index contributed by atoms with van der Waals surface area (Å²) in [7, 11) is 4.21. The van der Waals surface area contributed by atoms with Crippen LogP contribution in [-0.4, -0.2) is 68.8 Å². The molecule has 0 amide bonds. The van der Waals surface area contributed by atoms with Crippen LogP contribution < -0.4 is 0 Å². The van der Waals surface area contributed by atoms with Crippen LogP contribution in [-0.2, 0) is 7.05 Å². The van der Waals surface area contributed by atoms with Gasteiger partial charge >= 0.3 is 0 Å². The fourth-order valence-corrected chi connectivity index (χ4v) is 6.09. The van der Waals surface area contributed by atoms with E-state index in [0.29, 0.717) is 5.92 Å². The van der Waals surface area contributed by atoms with Gasteiger partial charge in [0.25, 0.3) is 0 Å². The molecule has 1 N–H and O–H groups in total. The van der Waals surface area contributed by atoms with E-state index in [4.69, 9.17) is 4.98 Å². The van der Waals surface area contributed by atoms with Gasteiger partial charge in [-0.3, -0.25) is 9.58 Å². The molecule has 6 heteroatoms. The van der Waals surface area contributed by atoms with Gasteiger partial charge in [-0.2, -0.15) is 5.10 Å². The first-order chi connectivity index (χ1) is 15.1. The summed E-state index contributed by atoms with van der Waals surface area (Å²) in [5, 5.41) is 5.54. The van der Waals surface area contributed by atoms with Crippen molar-refractivity contribution in [2.45, 2.75) is 31.7 Å². The van der Waals surface area contributed by atoms with Crippen LogP contribution in [0, 0.1) is 11.8 Å². The number of allylic oxidation sites excluding steroid dienone is 2. The van der Waals surface area contributed by atoms with Crippen LogP contribution >= 0.6 is 0 Å². The molecule has 3 aromatic heterocycles. The summed E-state index contributed by atoms with van der Waals surface area (Å²) < 4.78 is 1.85. The Labute approximate surface area is 183 Å². The average molecular weight is 417 g/mol. The molecule has 162 valence electrons. The first kappa shape index (κ1) is 19.3. The summed E-state index contributed by atoms with van der Waals surface area (Å²) in [4.78, 5) is 13.3. The molecule has 0 spiro atoms. The van der Waals surface area contributed by atoms with Gasteiger partial charge in [-0.1, -0.05) is 6.08 Å². The smallest absolute Gasteiger partial charge is 0.137 e. The summed E-state index contributed by atoms with van der Waals surface area (Å²) in [6.07, 6.45) is 16.0. The maximum Gasteiger partial charge on any atom is 0.137 e. The van der Waals surface area contributed by atoms with Gasteiger partial charge in [0, 0.05) is 74.4 Å². The van der Waals surface area contributed by atoms with E-state index in [1.54, 1.807) is 0 Å². The topological polar surface area (TPSA) is 53.0 Å². The van der Waals surface area contributed by atoms with Crippen LogP contribution in [0.1, 0.15) is 31.2 Å². The molecule has 1 saturated heterocycles. The second kappa shape index (κ2) is 7.61. The Morgan fingerprint density at radius 3 is 2.65 bits per heavy atom. The SMILES string of the molecule is CN1CCN(C2C[C@@H]3C=C(c4cnc5[nH]cc(-c6cnn(C)c6)c5c4)C[C@H](C2)C3)CC1. The van der Waals surface area contributed by atoms with Gasteiger partial charge in [0.2, 0.25) is 0 Å². The van der Waals surface area contributed by atoms with Gasteiger partial charge < -0.3 is 9.88 Å². The molecule has 31 heavy (non-hydrogen) atoms. The van der Waals surface area contributed by atoms with Crippen LogP contribution in [0.15, 0.2) is 36.9 Å². The minimum atomic E-state index is 0.715. The van der Waals surface area contributed by atoms with Gasteiger partial charge in [0.1, 0.15) is 5.65 Å². The van der Waals surface area contributed by atoms with Crippen molar-refractivity contribution in [1.29, 1.82) is 0 Å². The lowest BCUT2D eigenvalue weighted by atomic mass is 9.70. The molecular formula is C25H32N6. The van der Waals surface area contributed by atoms with Gasteiger partial charge in [0.15, 0.2) is 0 Å². The highest BCUT2D eigenvalue weighted by Crippen LogP contribution is 2.44. The van der Waals surface area contributed by atoms with Crippen molar-refractivity contribution in [3.8, 4) is 11.1 Å². The minimum absolute atomic E-state index is 0.715. The van der Waals surface area contributed by atoms with E-state index in [0.717, 1.165) is 23.2 Å². The summed E-state index contributed by atoms with van der Waals surface area (Å²) in [5.74, 6) is 1.52. The van der Waals surface area contributed by atoms with Crippen LogP contribution in [0.4, 0.5) is 0 Å². The first-order valence-corrected chi connectivity index (χ1v) is 11.7. The number of pyridine rings is 1. The second-order valence-corrected chi connectivity index (χ2v) is 9.95. The van der Waals surface area contributed by atoms with E-state index in [2.05, 4.69) is 57.7 Å². The highest BCUT2D eigenvalue weighted by Gasteiger charge is 2.35. The number of H-pyrrole nitrogens is 1. The number of aromatic nitrogens is 4. The zero-order chi connectivity index (χ0) is 20.9. The fourth-order valence-electron chi connectivity index (χ4n) is 6.09. The maximum atomic E-state index is 4.76. The van der Waals surface area contributed by atoms with Crippen molar-refractivity contribution >= 4 is 16.6 Å². The number of likely N-dealkylation sites (N-methyl/N-ethyl adjacent to an activating group) is 1.